The van der Waals surface area contributed by atoms with E-state index < -0.39 is 0 Å². The van der Waals surface area contributed by atoms with Crippen molar-refractivity contribution in [3.05, 3.63) is 35.9 Å². The van der Waals surface area contributed by atoms with Crippen LogP contribution in [0.4, 0.5) is 0 Å². The van der Waals surface area contributed by atoms with Crippen molar-refractivity contribution >= 4 is 12.4 Å². The first kappa shape index (κ1) is 17.8. The van der Waals surface area contributed by atoms with Gasteiger partial charge in [0.25, 0.3) is 0 Å². The summed E-state index contributed by atoms with van der Waals surface area (Å²) in [6.07, 6.45) is 9.79. The SMILES string of the molecule is COC1CCCNC1C(c1ccccc1)C1CCCCC1.Cl. The number of piperidine rings is 1. The van der Waals surface area contributed by atoms with Gasteiger partial charge in [-0.05, 0) is 43.7 Å². The van der Waals surface area contributed by atoms with Crippen LogP contribution in [-0.2, 0) is 4.74 Å². The number of nitrogens with one attached hydrogen (secondary N) is 1. The number of hydrogen-bond donors (Lipinski definition) is 1. The average Bonchev–Trinajstić information content (AvgIpc) is 2.58. The van der Waals surface area contributed by atoms with E-state index in [4.69, 9.17) is 4.74 Å². The first-order chi connectivity index (χ1) is 10.4. The molecule has 124 valence electrons. The van der Waals surface area contributed by atoms with Crippen LogP contribution in [0, 0.1) is 5.92 Å². The molecule has 0 spiro atoms. The summed E-state index contributed by atoms with van der Waals surface area (Å²) in [4.78, 5) is 0. The van der Waals surface area contributed by atoms with E-state index in [0.29, 0.717) is 18.1 Å². The molecule has 0 aromatic heterocycles. The molecular weight excluding hydrogens is 294 g/mol. The van der Waals surface area contributed by atoms with Gasteiger partial charge in [-0.1, -0.05) is 49.6 Å². The van der Waals surface area contributed by atoms with Crippen LogP contribution in [0.1, 0.15) is 56.4 Å². The minimum atomic E-state index is 0. The van der Waals surface area contributed by atoms with Crippen LogP contribution in [0.2, 0.25) is 0 Å². The monoisotopic (exact) mass is 323 g/mol. The molecule has 3 atom stereocenters. The van der Waals surface area contributed by atoms with Crippen molar-refractivity contribution in [2.45, 2.75) is 63.0 Å². The smallest absolute Gasteiger partial charge is 0.0730 e. The lowest BCUT2D eigenvalue weighted by Gasteiger charge is -2.42. The standard InChI is InChI=1S/C19H29NO.ClH/c1-21-17-13-8-14-20-19(17)18(15-9-4-2-5-10-15)16-11-6-3-7-12-16;/h2,4-5,9-10,16-20H,3,6-8,11-14H2,1H3;1H. The molecule has 1 heterocycles. The molecular formula is C19H30ClNO. The lowest BCUT2D eigenvalue weighted by atomic mass is 9.71. The molecule has 2 nitrogen and oxygen atoms in total. The third-order valence-corrected chi connectivity index (χ3v) is 5.48. The lowest BCUT2D eigenvalue weighted by molar-refractivity contribution is 0.0253. The summed E-state index contributed by atoms with van der Waals surface area (Å²) in [6, 6.07) is 11.6. The Bertz CT molecular complexity index is 419. The highest BCUT2D eigenvalue weighted by molar-refractivity contribution is 5.85. The molecule has 3 rings (SSSR count). The third-order valence-electron chi connectivity index (χ3n) is 5.48. The maximum absolute atomic E-state index is 5.83. The van der Waals surface area contributed by atoms with Crippen LogP contribution in [0.15, 0.2) is 30.3 Å². The molecule has 2 aliphatic rings. The largest absolute Gasteiger partial charge is 0.380 e. The van der Waals surface area contributed by atoms with Crippen LogP contribution in [0.25, 0.3) is 0 Å². The van der Waals surface area contributed by atoms with Crippen molar-refractivity contribution in [3.8, 4) is 0 Å². The summed E-state index contributed by atoms with van der Waals surface area (Å²) >= 11 is 0. The van der Waals surface area contributed by atoms with E-state index >= 15 is 0 Å². The molecule has 3 heteroatoms. The number of benzene rings is 1. The van der Waals surface area contributed by atoms with Crippen molar-refractivity contribution in [3.63, 3.8) is 0 Å². The summed E-state index contributed by atoms with van der Waals surface area (Å²) in [6.45, 7) is 1.14. The van der Waals surface area contributed by atoms with Crippen molar-refractivity contribution in [2.75, 3.05) is 13.7 Å². The van der Waals surface area contributed by atoms with Gasteiger partial charge in [0.1, 0.15) is 0 Å². The topological polar surface area (TPSA) is 21.3 Å². The van der Waals surface area contributed by atoms with Crippen LogP contribution in [0.3, 0.4) is 0 Å². The Kier molecular flexibility index (Phi) is 7.20. The molecule has 0 bridgehead atoms. The molecule has 1 saturated carbocycles. The number of methoxy groups -OCH3 is 1. The van der Waals surface area contributed by atoms with Gasteiger partial charge in [0, 0.05) is 19.1 Å². The molecule has 1 N–H and O–H groups in total. The molecule has 1 aliphatic carbocycles. The van der Waals surface area contributed by atoms with E-state index in [9.17, 15) is 0 Å². The molecule has 0 amide bonds. The Morgan fingerprint density at radius 2 is 1.73 bits per heavy atom. The predicted molar refractivity (Wildman–Crippen MR) is 94.8 cm³/mol. The molecule has 22 heavy (non-hydrogen) atoms. The Hall–Kier alpha value is -0.570. The van der Waals surface area contributed by atoms with E-state index in [0.717, 1.165) is 12.5 Å². The Morgan fingerprint density at radius 1 is 1.00 bits per heavy atom. The van der Waals surface area contributed by atoms with Crippen molar-refractivity contribution in [1.82, 2.24) is 5.32 Å². The molecule has 1 saturated heterocycles. The Labute approximate surface area is 141 Å². The molecule has 3 unspecified atom stereocenters. The molecule has 1 aromatic rings. The van der Waals surface area contributed by atoms with Gasteiger partial charge in [-0.2, -0.15) is 0 Å². The number of rotatable bonds is 4. The quantitative estimate of drug-likeness (QED) is 0.878. The fourth-order valence-electron chi connectivity index (χ4n) is 4.45. The lowest BCUT2D eigenvalue weighted by Crippen LogP contribution is -2.51. The fourth-order valence-corrected chi connectivity index (χ4v) is 4.45. The average molecular weight is 324 g/mol. The molecule has 1 aliphatic heterocycles. The highest BCUT2D eigenvalue weighted by Crippen LogP contribution is 2.40. The zero-order valence-corrected chi connectivity index (χ0v) is 14.5. The van der Waals surface area contributed by atoms with Gasteiger partial charge >= 0.3 is 0 Å². The maximum atomic E-state index is 5.83. The second-order valence-electron chi connectivity index (χ2n) is 6.73. The minimum absolute atomic E-state index is 0. The summed E-state index contributed by atoms with van der Waals surface area (Å²) in [5, 5.41) is 3.79. The second kappa shape index (κ2) is 8.90. The number of hydrogen-bond acceptors (Lipinski definition) is 2. The fraction of sp³-hybridized carbons (Fsp3) is 0.684. The zero-order chi connectivity index (χ0) is 14.5. The second-order valence-corrected chi connectivity index (χ2v) is 6.73. The first-order valence-electron chi connectivity index (χ1n) is 8.71. The van der Waals surface area contributed by atoms with Crippen molar-refractivity contribution in [2.24, 2.45) is 5.92 Å². The molecule has 1 aromatic carbocycles. The highest BCUT2D eigenvalue weighted by atomic mass is 35.5. The van der Waals surface area contributed by atoms with E-state index in [1.165, 1.54) is 50.5 Å². The van der Waals surface area contributed by atoms with E-state index in [2.05, 4.69) is 35.6 Å². The van der Waals surface area contributed by atoms with E-state index in [1.54, 1.807) is 0 Å². The molecule has 0 radical (unpaired) electrons. The van der Waals surface area contributed by atoms with Crippen LogP contribution in [0.5, 0.6) is 0 Å². The third kappa shape index (κ3) is 4.04. The van der Waals surface area contributed by atoms with Crippen LogP contribution >= 0.6 is 12.4 Å². The summed E-state index contributed by atoms with van der Waals surface area (Å²) in [5.41, 5.74) is 1.51. The maximum Gasteiger partial charge on any atom is 0.0730 e. The predicted octanol–water partition coefficient (Wildman–Crippen LogP) is 4.54. The van der Waals surface area contributed by atoms with Crippen LogP contribution < -0.4 is 5.32 Å². The van der Waals surface area contributed by atoms with Gasteiger partial charge in [-0.15, -0.1) is 12.4 Å². The van der Waals surface area contributed by atoms with E-state index in [1.807, 2.05) is 7.11 Å². The summed E-state index contributed by atoms with van der Waals surface area (Å²) < 4.78 is 5.83. The van der Waals surface area contributed by atoms with E-state index in [-0.39, 0.29) is 12.4 Å². The van der Waals surface area contributed by atoms with Gasteiger partial charge in [0.05, 0.1) is 6.10 Å². The number of halogens is 1. The Morgan fingerprint density at radius 3 is 2.41 bits per heavy atom. The highest BCUT2D eigenvalue weighted by Gasteiger charge is 2.37. The molecule has 2 fully saturated rings. The van der Waals surface area contributed by atoms with Gasteiger partial charge in [0.15, 0.2) is 0 Å². The zero-order valence-electron chi connectivity index (χ0n) is 13.7. The van der Waals surface area contributed by atoms with Crippen molar-refractivity contribution < 1.29 is 4.74 Å². The first-order valence-corrected chi connectivity index (χ1v) is 8.71. The summed E-state index contributed by atoms with van der Waals surface area (Å²) in [5.74, 6) is 1.42. The van der Waals surface area contributed by atoms with Gasteiger partial charge in [-0.25, -0.2) is 0 Å². The summed E-state index contributed by atoms with van der Waals surface area (Å²) in [7, 11) is 1.88. The van der Waals surface area contributed by atoms with Gasteiger partial charge in [0.2, 0.25) is 0 Å². The normalized spacial score (nSPS) is 27.9. The van der Waals surface area contributed by atoms with Crippen LogP contribution in [-0.4, -0.2) is 25.8 Å². The Balaban J connectivity index is 0.00000176. The van der Waals surface area contributed by atoms with Gasteiger partial charge in [-0.3, -0.25) is 0 Å². The van der Waals surface area contributed by atoms with Gasteiger partial charge < -0.3 is 10.1 Å². The number of ether oxygens (including phenoxy) is 1. The van der Waals surface area contributed by atoms with Crippen molar-refractivity contribution in [1.29, 1.82) is 0 Å². The minimum Gasteiger partial charge on any atom is -0.380 e.